The molecule has 0 aromatic heterocycles. The van der Waals surface area contributed by atoms with Gasteiger partial charge in [0, 0.05) is 37.8 Å². The van der Waals surface area contributed by atoms with Crippen molar-refractivity contribution >= 4 is 5.91 Å². The number of carbonyl (C=O) groups excluding carboxylic acids is 1. The number of hydrogen-bond acceptors (Lipinski definition) is 4. The molecule has 0 spiro atoms. The van der Waals surface area contributed by atoms with E-state index in [1.54, 1.807) is 6.07 Å². The Kier molecular flexibility index (Phi) is 3.82. The summed E-state index contributed by atoms with van der Waals surface area (Å²) in [5.74, 6) is 1.46. The van der Waals surface area contributed by atoms with Crippen molar-refractivity contribution in [3.8, 4) is 11.5 Å². The lowest BCUT2D eigenvalue weighted by Gasteiger charge is -2.38. The number of amides is 1. The highest BCUT2D eigenvalue weighted by atomic mass is 16.7. The predicted octanol–water partition coefficient (Wildman–Crippen LogP) is 2.86. The fourth-order valence-corrected chi connectivity index (χ4v) is 4.36. The van der Waals surface area contributed by atoms with Crippen LogP contribution in [0.2, 0.25) is 0 Å². The van der Waals surface area contributed by atoms with Gasteiger partial charge in [0.1, 0.15) is 0 Å². The van der Waals surface area contributed by atoms with E-state index >= 15 is 0 Å². The Labute approximate surface area is 153 Å². The van der Waals surface area contributed by atoms with Crippen molar-refractivity contribution in [3.05, 3.63) is 59.2 Å². The molecule has 0 N–H and O–H groups in total. The Morgan fingerprint density at radius 1 is 0.962 bits per heavy atom. The van der Waals surface area contributed by atoms with Gasteiger partial charge in [0.05, 0.1) is 0 Å². The topological polar surface area (TPSA) is 42.0 Å². The first-order valence-electron chi connectivity index (χ1n) is 9.30. The summed E-state index contributed by atoms with van der Waals surface area (Å²) in [4.78, 5) is 17.3. The van der Waals surface area contributed by atoms with Crippen molar-refractivity contribution in [1.29, 1.82) is 0 Å². The lowest BCUT2D eigenvalue weighted by Crippen LogP contribution is -2.49. The molecule has 1 aliphatic carbocycles. The molecule has 1 fully saturated rings. The maximum atomic E-state index is 12.8. The summed E-state index contributed by atoms with van der Waals surface area (Å²) in [6, 6.07) is 14.7. The molecule has 1 unspecified atom stereocenters. The van der Waals surface area contributed by atoms with Gasteiger partial charge in [-0.3, -0.25) is 9.69 Å². The number of nitrogens with zero attached hydrogens (tertiary/aromatic N) is 2. The average Bonchev–Trinajstić information content (AvgIpc) is 3.34. The number of hydrogen-bond donors (Lipinski definition) is 0. The summed E-state index contributed by atoms with van der Waals surface area (Å²) in [7, 11) is 0. The average molecular weight is 350 g/mol. The summed E-state index contributed by atoms with van der Waals surface area (Å²) >= 11 is 0. The summed E-state index contributed by atoms with van der Waals surface area (Å²) in [5.41, 5.74) is 3.63. The van der Waals surface area contributed by atoms with Gasteiger partial charge in [0.25, 0.3) is 5.91 Å². The number of carbonyl (C=O) groups is 1. The molecule has 0 radical (unpaired) electrons. The minimum absolute atomic E-state index is 0.0785. The Hall–Kier alpha value is -2.53. The van der Waals surface area contributed by atoms with Gasteiger partial charge in [-0.25, -0.2) is 0 Å². The third-order valence-corrected chi connectivity index (χ3v) is 5.76. The molecule has 3 aliphatic rings. The second kappa shape index (κ2) is 6.32. The lowest BCUT2D eigenvalue weighted by molar-refractivity contribution is 0.0567. The molecule has 2 heterocycles. The minimum Gasteiger partial charge on any atom is -0.454 e. The van der Waals surface area contributed by atoms with Gasteiger partial charge in [-0.15, -0.1) is 0 Å². The molecule has 134 valence electrons. The van der Waals surface area contributed by atoms with Crippen LogP contribution in [0.3, 0.4) is 0 Å². The van der Waals surface area contributed by atoms with Gasteiger partial charge < -0.3 is 14.4 Å². The molecule has 0 saturated carbocycles. The molecular weight excluding hydrogens is 328 g/mol. The molecule has 2 aliphatic heterocycles. The van der Waals surface area contributed by atoms with Crippen molar-refractivity contribution in [2.45, 2.75) is 18.9 Å². The van der Waals surface area contributed by atoms with Crippen LogP contribution in [-0.4, -0.2) is 48.7 Å². The Morgan fingerprint density at radius 3 is 2.65 bits per heavy atom. The summed E-state index contributed by atoms with van der Waals surface area (Å²) < 4.78 is 10.7. The molecule has 1 saturated heterocycles. The zero-order chi connectivity index (χ0) is 17.5. The molecule has 0 bridgehead atoms. The van der Waals surface area contributed by atoms with Gasteiger partial charge in [-0.1, -0.05) is 24.3 Å². The second-order valence-electron chi connectivity index (χ2n) is 7.15. The maximum Gasteiger partial charge on any atom is 0.254 e. The van der Waals surface area contributed by atoms with E-state index in [2.05, 4.69) is 29.2 Å². The fraction of sp³-hybridized carbons (Fsp3) is 0.381. The van der Waals surface area contributed by atoms with Crippen molar-refractivity contribution in [3.63, 3.8) is 0 Å². The van der Waals surface area contributed by atoms with Crippen LogP contribution in [0.5, 0.6) is 11.5 Å². The molecule has 5 rings (SSSR count). The molecule has 2 aromatic carbocycles. The number of piperazine rings is 1. The zero-order valence-electron chi connectivity index (χ0n) is 14.7. The van der Waals surface area contributed by atoms with Crippen molar-refractivity contribution in [1.82, 2.24) is 9.80 Å². The molecule has 26 heavy (non-hydrogen) atoms. The van der Waals surface area contributed by atoms with E-state index < -0.39 is 0 Å². The van der Waals surface area contributed by atoms with Gasteiger partial charge >= 0.3 is 0 Å². The molecule has 2 aromatic rings. The highest BCUT2D eigenvalue weighted by molar-refractivity contribution is 5.95. The SMILES string of the molecule is O=C(c1ccc2c(c1)OCO2)N1CCN(C2CCc3ccccc32)CC1. The largest absolute Gasteiger partial charge is 0.454 e. The molecule has 1 atom stereocenters. The summed E-state index contributed by atoms with van der Waals surface area (Å²) in [6.45, 7) is 3.62. The summed E-state index contributed by atoms with van der Waals surface area (Å²) in [6.07, 6.45) is 2.35. The smallest absolute Gasteiger partial charge is 0.254 e. The van der Waals surface area contributed by atoms with Crippen LogP contribution in [-0.2, 0) is 6.42 Å². The molecule has 5 heteroatoms. The number of rotatable bonds is 2. The van der Waals surface area contributed by atoms with Gasteiger partial charge in [-0.05, 0) is 42.2 Å². The van der Waals surface area contributed by atoms with Crippen molar-refractivity contribution in [2.24, 2.45) is 0 Å². The normalized spacial score (nSPS) is 21.7. The third kappa shape index (κ3) is 2.63. The number of benzene rings is 2. The second-order valence-corrected chi connectivity index (χ2v) is 7.15. The number of fused-ring (bicyclic) bond motifs is 2. The summed E-state index contributed by atoms with van der Waals surface area (Å²) in [5, 5.41) is 0. The Morgan fingerprint density at radius 2 is 1.77 bits per heavy atom. The van der Waals surface area contributed by atoms with Gasteiger partial charge in [0.2, 0.25) is 6.79 Å². The Balaban J connectivity index is 1.25. The number of ether oxygens (including phenoxy) is 2. The van der Waals surface area contributed by atoms with Crippen LogP contribution in [0.1, 0.15) is 33.9 Å². The van der Waals surface area contributed by atoms with Crippen LogP contribution in [0.25, 0.3) is 0 Å². The first kappa shape index (κ1) is 15.7. The van der Waals surface area contributed by atoms with Crippen LogP contribution < -0.4 is 9.47 Å². The van der Waals surface area contributed by atoms with Crippen LogP contribution in [0.15, 0.2) is 42.5 Å². The van der Waals surface area contributed by atoms with E-state index in [1.165, 1.54) is 17.5 Å². The van der Waals surface area contributed by atoms with E-state index in [0.717, 1.165) is 32.6 Å². The van der Waals surface area contributed by atoms with Crippen molar-refractivity contribution < 1.29 is 14.3 Å². The molecule has 5 nitrogen and oxygen atoms in total. The highest BCUT2D eigenvalue weighted by Gasteiger charge is 2.31. The van der Waals surface area contributed by atoms with Crippen LogP contribution in [0.4, 0.5) is 0 Å². The van der Waals surface area contributed by atoms with Gasteiger partial charge in [0.15, 0.2) is 11.5 Å². The third-order valence-electron chi connectivity index (χ3n) is 5.76. The standard InChI is InChI=1S/C21H22N2O3/c24-21(16-6-8-19-20(13-16)26-14-25-19)23-11-9-22(10-12-23)18-7-5-15-3-1-2-4-17(15)18/h1-4,6,8,13,18H,5,7,9-12,14H2. The highest BCUT2D eigenvalue weighted by Crippen LogP contribution is 2.36. The fourth-order valence-electron chi connectivity index (χ4n) is 4.36. The first-order chi connectivity index (χ1) is 12.8. The van der Waals surface area contributed by atoms with E-state index in [4.69, 9.17) is 9.47 Å². The minimum atomic E-state index is 0.0785. The van der Waals surface area contributed by atoms with Crippen molar-refractivity contribution in [2.75, 3.05) is 33.0 Å². The maximum absolute atomic E-state index is 12.8. The Bertz CT molecular complexity index is 843. The van der Waals surface area contributed by atoms with E-state index in [-0.39, 0.29) is 12.7 Å². The molecule has 1 amide bonds. The van der Waals surface area contributed by atoms with E-state index in [9.17, 15) is 4.79 Å². The molecular formula is C21H22N2O3. The number of aryl methyl sites for hydroxylation is 1. The first-order valence-corrected chi connectivity index (χ1v) is 9.30. The lowest BCUT2D eigenvalue weighted by atomic mass is 10.1. The quantitative estimate of drug-likeness (QED) is 0.835. The van der Waals surface area contributed by atoms with E-state index in [1.807, 2.05) is 17.0 Å². The zero-order valence-corrected chi connectivity index (χ0v) is 14.7. The van der Waals surface area contributed by atoms with Crippen LogP contribution >= 0.6 is 0 Å². The monoisotopic (exact) mass is 350 g/mol. The van der Waals surface area contributed by atoms with Crippen LogP contribution in [0, 0.1) is 0 Å². The van der Waals surface area contributed by atoms with Gasteiger partial charge in [-0.2, -0.15) is 0 Å². The predicted molar refractivity (Wildman–Crippen MR) is 97.5 cm³/mol. The van der Waals surface area contributed by atoms with E-state index in [0.29, 0.717) is 23.1 Å².